The number of methoxy groups -OCH3 is 1. The van der Waals surface area contributed by atoms with Crippen molar-refractivity contribution in [2.45, 2.75) is 24.8 Å². The molecular weight excluding hydrogens is 376 g/mol. The highest BCUT2D eigenvalue weighted by Crippen LogP contribution is 2.26. The molecule has 1 aromatic carbocycles. The predicted octanol–water partition coefficient (Wildman–Crippen LogP) is 2.57. The number of hydrogen-bond acceptors (Lipinski definition) is 7. The van der Waals surface area contributed by atoms with E-state index in [0.717, 1.165) is 37.4 Å². The lowest BCUT2D eigenvalue weighted by molar-refractivity contribution is -0.129. The van der Waals surface area contributed by atoms with E-state index in [4.69, 9.17) is 4.74 Å². The van der Waals surface area contributed by atoms with Gasteiger partial charge in [-0.25, -0.2) is 9.97 Å². The standard InChI is InChI=1S/C19H22N6O2S/c1-13-6-8-24(9-7-13)16(26)11-28-19-17-18(20-12-21-19)25(23-22-17)14-4-3-5-15(10-14)27-2/h3-5,10,12-13H,6-9,11H2,1-2H3. The fraction of sp³-hybridized carbons (Fsp3) is 0.421. The summed E-state index contributed by atoms with van der Waals surface area (Å²) in [5, 5.41) is 9.14. The normalized spacial score (nSPS) is 15.1. The van der Waals surface area contributed by atoms with E-state index in [9.17, 15) is 4.79 Å². The van der Waals surface area contributed by atoms with Crippen LogP contribution in [0, 0.1) is 5.92 Å². The number of carbonyl (C=O) groups is 1. The molecule has 0 bridgehead atoms. The fourth-order valence-electron chi connectivity index (χ4n) is 3.23. The third-order valence-corrected chi connectivity index (χ3v) is 5.93. The highest BCUT2D eigenvalue weighted by atomic mass is 32.2. The number of rotatable bonds is 5. The molecule has 0 spiro atoms. The molecule has 3 heterocycles. The van der Waals surface area contributed by atoms with Gasteiger partial charge in [-0.2, -0.15) is 4.68 Å². The molecule has 0 unspecified atom stereocenters. The van der Waals surface area contributed by atoms with Crippen molar-refractivity contribution in [1.82, 2.24) is 29.9 Å². The number of piperidine rings is 1. The molecule has 0 atom stereocenters. The summed E-state index contributed by atoms with van der Waals surface area (Å²) in [6, 6.07) is 7.53. The van der Waals surface area contributed by atoms with Crippen molar-refractivity contribution >= 4 is 28.8 Å². The van der Waals surface area contributed by atoms with Gasteiger partial charge in [0.05, 0.1) is 18.6 Å². The van der Waals surface area contributed by atoms with Crippen LogP contribution in [0.5, 0.6) is 5.75 Å². The summed E-state index contributed by atoms with van der Waals surface area (Å²) in [5.41, 5.74) is 2.00. The second kappa shape index (κ2) is 8.14. The van der Waals surface area contributed by atoms with E-state index in [2.05, 4.69) is 27.2 Å². The zero-order valence-electron chi connectivity index (χ0n) is 15.9. The van der Waals surface area contributed by atoms with Crippen molar-refractivity contribution in [3.8, 4) is 11.4 Å². The third-order valence-electron chi connectivity index (χ3n) is 4.97. The number of carbonyl (C=O) groups excluding carboxylic acids is 1. The first-order valence-corrected chi connectivity index (χ1v) is 10.3. The maximum Gasteiger partial charge on any atom is 0.232 e. The van der Waals surface area contributed by atoms with Gasteiger partial charge in [-0.15, -0.1) is 5.10 Å². The molecule has 1 aliphatic rings. The lowest BCUT2D eigenvalue weighted by Gasteiger charge is -2.30. The fourth-order valence-corrected chi connectivity index (χ4v) is 4.06. The van der Waals surface area contributed by atoms with Crippen molar-refractivity contribution in [1.29, 1.82) is 0 Å². The highest BCUT2D eigenvalue weighted by Gasteiger charge is 2.21. The minimum absolute atomic E-state index is 0.142. The van der Waals surface area contributed by atoms with E-state index in [1.807, 2.05) is 29.2 Å². The van der Waals surface area contributed by atoms with E-state index in [1.54, 1.807) is 11.8 Å². The van der Waals surface area contributed by atoms with Crippen LogP contribution in [0.2, 0.25) is 0 Å². The van der Waals surface area contributed by atoms with Crippen LogP contribution in [0.25, 0.3) is 16.9 Å². The van der Waals surface area contributed by atoms with E-state index >= 15 is 0 Å². The van der Waals surface area contributed by atoms with Crippen molar-refractivity contribution in [2.24, 2.45) is 5.92 Å². The van der Waals surface area contributed by atoms with E-state index < -0.39 is 0 Å². The molecule has 146 valence electrons. The maximum absolute atomic E-state index is 12.5. The van der Waals surface area contributed by atoms with Crippen molar-refractivity contribution in [3.63, 3.8) is 0 Å². The molecule has 1 amide bonds. The summed E-state index contributed by atoms with van der Waals surface area (Å²) in [6.07, 6.45) is 3.63. The summed E-state index contributed by atoms with van der Waals surface area (Å²) in [6.45, 7) is 3.91. The molecular formula is C19H22N6O2S. The summed E-state index contributed by atoms with van der Waals surface area (Å²) < 4.78 is 6.93. The Morgan fingerprint density at radius 3 is 2.89 bits per heavy atom. The quantitative estimate of drug-likeness (QED) is 0.482. The first-order valence-electron chi connectivity index (χ1n) is 9.27. The number of aromatic nitrogens is 5. The first-order chi connectivity index (χ1) is 13.7. The summed E-state index contributed by atoms with van der Waals surface area (Å²) in [4.78, 5) is 23.1. The number of nitrogens with zero attached hydrogens (tertiary/aromatic N) is 6. The largest absolute Gasteiger partial charge is 0.497 e. The SMILES string of the molecule is COc1cccc(-n2nnc3c(SCC(=O)N4CCC(C)CC4)ncnc32)c1. The molecule has 0 radical (unpaired) electrons. The Morgan fingerprint density at radius 1 is 1.29 bits per heavy atom. The average molecular weight is 398 g/mol. The Morgan fingerprint density at radius 2 is 2.11 bits per heavy atom. The number of likely N-dealkylation sites (tertiary alicyclic amines) is 1. The van der Waals surface area contributed by atoms with Crippen LogP contribution in [0.4, 0.5) is 0 Å². The van der Waals surface area contributed by atoms with Crippen LogP contribution in [-0.2, 0) is 4.79 Å². The van der Waals surface area contributed by atoms with Gasteiger partial charge in [0.15, 0.2) is 11.2 Å². The molecule has 1 fully saturated rings. The van der Waals surface area contributed by atoms with Crippen LogP contribution >= 0.6 is 11.8 Å². The molecule has 0 N–H and O–H groups in total. The molecule has 1 saturated heterocycles. The van der Waals surface area contributed by atoms with Gasteiger partial charge in [0.25, 0.3) is 0 Å². The molecule has 2 aromatic heterocycles. The molecule has 1 aliphatic heterocycles. The van der Waals surface area contributed by atoms with E-state index in [1.165, 1.54) is 18.1 Å². The Hall–Kier alpha value is -2.68. The van der Waals surface area contributed by atoms with Crippen molar-refractivity contribution < 1.29 is 9.53 Å². The Bertz CT molecular complexity index is 983. The Balaban J connectivity index is 1.52. The molecule has 0 aliphatic carbocycles. The number of thioether (sulfide) groups is 1. The van der Waals surface area contributed by atoms with Crippen molar-refractivity contribution in [2.75, 3.05) is 26.0 Å². The summed E-state index contributed by atoms with van der Waals surface area (Å²) in [7, 11) is 1.62. The van der Waals surface area contributed by atoms with Gasteiger partial charge in [-0.05, 0) is 30.9 Å². The molecule has 0 saturated carbocycles. The second-order valence-electron chi connectivity index (χ2n) is 6.91. The smallest absolute Gasteiger partial charge is 0.232 e. The molecule has 4 rings (SSSR count). The van der Waals surface area contributed by atoms with Crippen LogP contribution in [0.15, 0.2) is 35.6 Å². The van der Waals surface area contributed by atoms with Gasteiger partial charge < -0.3 is 9.64 Å². The van der Waals surface area contributed by atoms with Crippen LogP contribution in [0.1, 0.15) is 19.8 Å². The average Bonchev–Trinajstić information content (AvgIpc) is 3.17. The minimum Gasteiger partial charge on any atom is -0.497 e. The zero-order chi connectivity index (χ0) is 19.5. The van der Waals surface area contributed by atoms with Crippen LogP contribution < -0.4 is 4.74 Å². The minimum atomic E-state index is 0.142. The number of benzene rings is 1. The zero-order valence-corrected chi connectivity index (χ0v) is 16.7. The van der Waals surface area contributed by atoms with Crippen molar-refractivity contribution in [3.05, 3.63) is 30.6 Å². The monoisotopic (exact) mass is 398 g/mol. The molecule has 9 heteroatoms. The summed E-state index contributed by atoms with van der Waals surface area (Å²) in [5.74, 6) is 1.91. The maximum atomic E-state index is 12.5. The molecule has 28 heavy (non-hydrogen) atoms. The number of hydrogen-bond donors (Lipinski definition) is 0. The summed E-state index contributed by atoms with van der Waals surface area (Å²) >= 11 is 1.39. The second-order valence-corrected chi connectivity index (χ2v) is 7.87. The lowest BCUT2D eigenvalue weighted by Crippen LogP contribution is -2.38. The Labute approximate surface area is 167 Å². The highest BCUT2D eigenvalue weighted by molar-refractivity contribution is 8.00. The number of amides is 1. The van der Waals surface area contributed by atoms with Gasteiger partial charge in [0.1, 0.15) is 17.1 Å². The molecule has 3 aromatic rings. The van der Waals surface area contributed by atoms with Crippen LogP contribution in [-0.4, -0.2) is 61.7 Å². The topological polar surface area (TPSA) is 86.0 Å². The molecule has 8 nitrogen and oxygen atoms in total. The number of ether oxygens (including phenoxy) is 1. The van der Waals surface area contributed by atoms with E-state index in [-0.39, 0.29) is 5.91 Å². The number of fused-ring (bicyclic) bond motifs is 1. The van der Waals surface area contributed by atoms with Gasteiger partial charge in [0.2, 0.25) is 5.91 Å². The van der Waals surface area contributed by atoms with Gasteiger partial charge in [-0.3, -0.25) is 4.79 Å². The van der Waals surface area contributed by atoms with Gasteiger partial charge in [0, 0.05) is 19.2 Å². The van der Waals surface area contributed by atoms with Gasteiger partial charge >= 0.3 is 0 Å². The van der Waals surface area contributed by atoms with Gasteiger partial charge in [-0.1, -0.05) is 30.0 Å². The predicted molar refractivity (Wildman–Crippen MR) is 107 cm³/mol. The van der Waals surface area contributed by atoms with Crippen LogP contribution in [0.3, 0.4) is 0 Å². The third kappa shape index (κ3) is 3.80. The first kappa shape index (κ1) is 18.7. The lowest BCUT2D eigenvalue weighted by atomic mass is 9.99. The van der Waals surface area contributed by atoms with E-state index in [0.29, 0.717) is 27.9 Å². The Kier molecular flexibility index (Phi) is 5.43.